The van der Waals surface area contributed by atoms with E-state index in [0.29, 0.717) is 12.8 Å². The number of hydrogen-bond donors (Lipinski definition) is 0. The van der Waals surface area contributed by atoms with E-state index < -0.39 is 0 Å². The first-order chi connectivity index (χ1) is 8.86. The molecule has 0 aliphatic rings. The fourth-order valence-electron chi connectivity index (χ4n) is 2.11. The van der Waals surface area contributed by atoms with Crippen molar-refractivity contribution in [1.29, 1.82) is 0 Å². The molecule has 0 heteroatoms. The average molecular weight is 230 g/mol. The molecule has 0 aromatic heterocycles. The van der Waals surface area contributed by atoms with E-state index >= 15 is 0 Å². The van der Waals surface area contributed by atoms with Crippen LogP contribution < -0.4 is 0 Å². The minimum Gasteiger partial charge on any atom is -0.120 e. The van der Waals surface area contributed by atoms with Crippen molar-refractivity contribution in [1.82, 2.24) is 0 Å². The molecule has 86 valence electrons. The fraction of sp³-hybridized carbons (Fsp3) is 0.111. The van der Waals surface area contributed by atoms with E-state index in [-0.39, 0.29) is 0 Å². The molecule has 0 atom stereocenters. The molecule has 0 unspecified atom stereocenters. The fourth-order valence-corrected chi connectivity index (χ4v) is 2.11. The molecule has 0 aliphatic carbocycles. The Bertz CT molecular complexity index is 607. The van der Waals surface area contributed by atoms with Gasteiger partial charge in [0.1, 0.15) is 0 Å². The van der Waals surface area contributed by atoms with Crippen molar-refractivity contribution < 1.29 is 0 Å². The van der Waals surface area contributed by atoms with Crippen molar-refractivity contribution in [3.8, 4) is 35.8 Å². The van der Waals surface area contributed by atoms with Gasteiger partial charge in [0, 0.05) is 12.8 Å². The summed E-state index contributed by atoms with van der Waals surface area (Å²) >= 11 is 0. The van der Waals surface area contributed by atoms with E-state index in [9.17, 15) is 0 Å². The highest BCUT2D eigenvalue weighted by Gasteiger charge is 2.08. The van der Waals surface area contributed by atoms with Crippen LogP contribution in [0.3, 0.4) is 0 Å². The molecule has 0 N–H and O–H groups in total. The van der Waals surface area contributed by atoms with Gasteiger partial charge in [0.05, 0.1) is 0 Å². The summed E-state index contributed by atoms with van der Waals surface area (Å²) in [6.45, 7) is 0. The van der Waals surface area contributed by atoms with Crippen LogP contribution in [0.4, 0.5) is 0 Å². The van der Waals surface area contributed by atoms with Gasteiger partial charge in [-0.25, -0.2) is 0 Å². The van der Waals surface area contributed by atoms with Gasteiger partial charge in [-0.3, -0.25) is 0 Å². The van der Waals surface area contributed by atoms with E-state index in [0.717, 1.165) is 5.56 Å². The molecule has 0 saturated heterocycles. The molecule has 2 rings (SSSR count). The lowest BCUT2D eigenvalue weighted by molar-refractivity contribution is 1.19. The first-order valence-electron chi connectivity index (χ1n) is 5.90. The van der Waals surface area contributed by atoms with Crippen LogP contribution in [-0.4, -0.2) is 0 Å². The summed E-state index contributed by atoms with van der Waals surface area (Å²) in [5, 5.41) is 0. The summed E-state index contributed by atoms with van der Waals surface area (Å²) in [4.78, 5) is 0. The number of terminal acetylenes is 2. The van der Waals surface area contributed by atoms with E-state index in [1.165, 1.54) is 16.7 Å². The maximum absolute atomic E-state index is 5.47. The average Bonchev–Trinajstić information content (AvgIpc) is 2.42. The summed E-state index contributed by atoms with van der Waals surface area (Å²) in [6.07, 6.45) is 12.1. The molecule has 0 heterocycles. The van der Waals surface area contributed by atoms with E-state index in [4.69, 9.17) is 12.8 Å². The first-order valence-corrected chi connectivity index (χ1v) is 5.90. The second-order valence-electron chi connectivity index (χ2n) is 4.07. The highest BCUT2D eigenvalue weighted by Crippen LogP contribution is 2.26. The Morgan fingerprint density at radius 2 is 1.50 bits per heavy atom. The van der Waals surface area contributed by atoms with Crippen LogP contribution in [0, 0.1) is 24.7 Å². The second-order valence-corrected chi connectivity index (χ2v) is 4.07. The topological polar surface area (TPSA) is 0 Å². The Morgan fingerprint density at radius 1 is 0.778 bits per heavy atom. The number of hydrogen-bond acceptors (Lipinski definition) is 0. The highest BCUT2D eigenvalue weighted by atomic mass is 14.1. The van der Waals surface area contributed by atoms with Crippen LogP contribution in [0.2, 0.25) is 0 Å². The van der Waals surface area contributed by atoms with Gasteiger partial charge in [0.25, 0.3) is 0 Å². The Hall–Kier alpha value is -2.44. The van der Waals surface area contributed by atoms with E-state index in [1.54, 1.807) is 0 Å². The predicted octanol–water partition coefficient (Wildman–Crippen LogP) is 3.71. The van der Waals surface area contributed by atoms with E-state index in [1.807, 2.05) is 24.3 Å². The lowest BCUT2D eigenvalue weighted by Gasteiger charge is -2.11. The smallest absolute Gasteiger partial charge is 0.0346 e. The minimum absolute atomic E-state index is 0.613. The standard InChI is InChI=1S/C18H14/c1-3-9-15-13-8-14-18(17(15)10-4-2)16-11-6-5-7-12-16/h1-2,5-8,11-14H,9-10H2. The van der Waals surface area contributed by atoms with Crippen LogP contribution in [-0.2, 0) is 12.8 Å². The molecule has 0 nitrogen and oxygen atoms in total. The Morgan fingerprint density at radius 3 is 2.17 bits per heavy atom. The van der Waals surface area contributed by atoms with Crippen LogP contribution in [0.5, 0.6) is 0 Å². The summed E-state index contributed by atoms with van der Waals surface area (Å²) < 4.78 is 0. The lowest BCUT2D eigenvalue weighted by Crippen LogP contribution is -1.96. The molecular weight excluding hydrogens is 216 g/mol. The predicted molar refractivity (Wildman–Crippen MR) is 77.0 cm³/mol. The van der Waals surface area contributed by atoms with E-state index in [2.05, 4.69) is 36.1 Å². The zero-order valence-corrected chi connectivity index (χ0v) is 10.2. The second kappa shape index (κ2) is 5.76. The molecule has 0 radical (unpaired) electrons. The van der Waals surface area contributed by atoms with Gasteiger partial charge in [-0.2, -0.15) is 0 Å². The van der Waals surface area contributed by atoms with Gasteiger partial charge in [-0.05, 0) is 22.3 Å². The molecule has 2 aromatic rings. The van der Waals surface area contributed by atoms with Gasteiger partial charge in [-0.1, -0.05) is 48.5 Å². The van der Waals surface area contributed by atoms with Crippen LogP contribution in [0.25, 0.3) is 11.1 Å². The maximum atomic E-state index is 5.47. The highest BCUT2D eigenvalue weighted by molar-refractivity contribution is 5.69. The third kappa shape index (κ3) is 2.45. The third-order valence-corrected chi connectivity index (χ3v) is 2.93. The molecular formula is C18H14. The zero-order chi connectivity index (χ0) is 12.8. The minimum atomic E-state index is 0.613. The molecule has 2 aromatic carbocycles. The molecule has 18 heavy (non-hydrogen) atoms. The van der Waals surface area contributed by atoms with Gasteiger partial charge in [0.2, 0.25) is 0 Å². The normalized spacial score (nSPS) is 9.44. The molecule has 0 spiro atoms. The van der Waals surface area contributed by atoms with Crippen LogP contribution in [0.1, 0.15) is 11.1 Å². The van der Waals surface area contributed by atoms with Crippen molar-refractivity contribution in [2.75, 3.05) is 0 Å². The van der Waals surface area contributed by atoms with Gasteiger partial charge < -0.3 is 0 Å². The van der Waals surface area contributed by atoms with Crippen LogP contribution >= 0.6 is 0 Å². The van der Waals surface area contributed by atoms with Crippen molar-refractivity contribution in [3.63, 3.8) is 0 Å². The molecule has 0 aliphatic heterocycles. The largest absolute Gasteiger partial charge is 0.120 e. The summed E-state index contributed by atoms with van der Waals surface area (Å²) in [5.74, 6) is 5.42. The summed E-state index contributed by atoms with van der Waals surface area (Å²) in [5.41, 5.74) is 4.68. The lowest BCUT2D eigenvalue weighted by atomic mass is 9.92. The monoisotopic (exact) mass is 230 g/mol. The van der Waals surface area contributed by atoms with Crippen molar-refractivity contribution >= 4 is 0 Å². The summed E-state index contributed by atoms with van der Waals surface area (Å²) in [6, 6.07) is 16.4. The van der Waals surface area contributed by atoms with Crippen molar-refractivity contribution in [2.45, 2.75) is 12.8 Å². The maximum Gasteiger partial charge on any atom is 0.0346 e. The summed E-state index contributed by atoms with van der Waals surface area (Å²) in [7, 11) is 0. The van der Waals surface area contributed by atoms with Crippen LogP contribution in [0.15, 0.2) is 48.5 Å². The van der Waals surface area contributed by atoms with Crippen molar-refractivity contribution in [2.24, 2.45) is 0 Å². The SMILES string of the molecule is C#CCc1cccc(-c2ccccc2)c1CC#C. The van der Waals surface area contributed by atoms with Gasteiger partial charge in [0.15, 0.2) is 0 Å². The number of benzene rings is 2. The third-order valence-electron chi connectivity index (χ3n) is 2.93. The van der Waals surface area contributed by atoms with Gasteiger partial charge in [-0.15, -0.1) is 24.7 Å². The number of rotatable bonds is 3. The molecule has 0 bridgehead atoms. The zero-order valence-electron chi connectivity index (χ0n) is 10.2. The first kappa shape index (κ1) is 12.0. The quantitative estimate of drug-likeness (QED) is 0.705. The Kier molecular flexibility index (Phi) is 3.85. The molecule has 0 saturated carbocycles. The Balaban J connectivity index is 2.58. The Labute approximate surface area is 109 Å². The molecule has 0 fully saturated rings. The molecule has 0 amide bonds. The van der Waals surface area contributed by atoms with Gasteiger partial charge >= 0.3 is 0 Å². The van der Waals surface area contributed by atoms with Crippen molar-refractivity contribution in [3.05, 3.63) is 59.7 Å².